The van der Waals surface area contributed by atoms with Crippen molar-refractivity contribution in [2.45, 2.75) is 13.0 Å². The zero-order chi connectivity index (χ0) is 15.4. The second-order valence-corrected chi connectivity index (χ2v) is 5.59. The fraction of sp³-hybridized carbons (Fsp3) is 0.133. The van der Waals surface area contributed by atoms with Crippen LogP contribution in [0.4, 0.5) is 10.1 Å². The van der Waals surface area contributed by atoms with Crippen LogP contribution in [0, 0.1) is 5.82 Å². The van der Waals surface area contributed by atoms with Gasteiger partial charge in [-0.1, -0.05) is 23.7 Å². The number of anilines is 1. The zero-order valence-corrected chi connectivity index (χ0v) is 13.4. The molecule has 1 amide bonds. The summed E-state index contributed by atoms with van der Waals surface area (Å²) < 4.78 is 19.8. The van der Waals surface area contributed by atoms with Gasteiger partial charge in [0.1, 0.15) is 11.6 Å². The van der Waals surface area contributed by atoms with E-state index >= 15 is 0 Å². The molecule has 0 aliphatic heterocycles. The lowest BCUT2D eigenvalue weighted by Gasteiger charge is -2.16. The Bertz CT molecular complexity index is 666. The highest BCUT2D eigenvalue weighted by atomic mass is 79.9. The summed E-state index contributed by atoms with van der Waals surface area (Å²) >= 11 is 9.10. The minimum atomic E-state index is -0.790. The van der Waals surface area contributed by atoms with E-state index in [2.05, 4.69) is 21.2 Å². The van der Waals surface area contributed by atoms with Crippen molar-refractivity contribution in [2.75, 3.05) is 5.32 Å². The molecule has 2 rings (SSSR count). The van der Waals surface area contributed by atoms with Crippen molar-refractivity contribution in [1.29, 1.82) is 0 Å². The molecule has 0 aliphatic rings. The van der Waals surface area contributed by atoms with Gasteiger partial charge in [0.05, 0.1) is 10.2 Å². The Kier molecular flexibility index (Phi) is 5.20. The summed E-state index contributed by atoms with van der Waals surface area (Å²) in [5, 5.41) is 2.79. The van der Waals surface area contributed by atoms with Gasteiger partial charge in [-0.05, 0) is 53.2 Å². The molecule has 0 spiro atoms. The fourth-order valence-electron chi connectivity index (χ4n) is 1.61. The molecule has 1 N–H and O–H groups in total. The lowest BCUT2D eigenvalue weighted by Crippen LogP contribution is -2.30. The van der Waals surface area contributed by atoms with Gasteiger partial charge in [-0.25, -0.2) is 4.39 Å². The van der Waals surface area contributed by atoms with E-state index in [0.717, 1.165) is 4.47 Å². The van der Waals surface area contributed by atoms with E-state index < -0.39 is 17.8 Å². The van der Waals surface area contributed by atoms with E-state index in [0.29, 0.717) is 10.8 Å². The predicted molar refractivity (Wildman–Crippen MR) is 84.3 cm³/mol. The number of carbonyl (C=O) groups is 1. The minimum absolute atomic E-state index is 0.0232. The van der Waals surface area contributed by atoms with Gasteiger partial charge in [-0.2, -0.15) is 0 Å². The van der Waals surface area contributed by atoms with Crippen molar-refractivity contribution in [2.24, 2.45) is 0 Å². The van der Waals surface area contributed by atoms with E-state index in [9.17, 15) is 9.18 Å². The third kappa shape index (κ3) is 4.19. The van der Waals surface area contributed by atoms with Crippen molar-refractivity contribution in [3.05, 3.63) is 57.8 Å². The lowest BCUT2D eigenvalue weighted by molar-refractivity contribution is -0.122. The van der Waals surface area contributed by atoms with Gasteiger partial charge in [0.25, 0.3) is 5.91 Å². The van der Waals surface area contributed by atoms with E-state index in [1.54, 1.807) is 25.1 Å². The molecule has 0 radical (unpaired) electrons. The average molecular weight is 373 g/mol. The second-order valence-electron chi connectivity index (χ2n) is 4.30. The Morgan fingerprint density at radius 2 is 2.05 bits per heavy atom. The summed E-state index contributed by atoms with van der Waals surface area (Å²) in [5.41, 5.74) is 0.0232. The maximum atomic E-state index is 13.6. The van der Waals surface area contributed by atoms with Crippen LogP contribution in [0.2, 0.25) is 5.02 Å². The van der Waals surface area contributed by atoms with E-state index in [-0.39, 0.29) is 5.69 Å². The third-order valence-corrected chi connectivity index (χ3v) is 3.59. The van der Waals surface area contributed by atoms with Crippen LogP contribution >= 0.6 is 27.5 Å². The lowest BCUT2D eigenvalue weighted by atomic mass is 10.2. The van der Waals surface area contributed by atoms with Gasteiger partial charge in [-0.3, -0.25) is 4.79 Å². The molecule has 0 saturated heterocycles. The van der Waals surface area contributed by atoms with E-state index in [1.165, 1.54) is 18.2 Å². The predicted octanol–water partition coefficient (Wildman–Crippen LogP) is 4.65. The number of halogens is 3. The summed E-state index contributed by atoms with van der Waals surface area (Å²) in [7, 11) is 0. The molecule has 0 saturated carbocycles. The first-order chi connectivity index (χ1) is 9.97. The van der Waals surface area contributed by atoms with Gasteiger partial charge < -0.3 is 10.1 Å². The summed E-state index contributed by atoms with van der Waals surface area (Å²) in [4.78, 5) is 12.0. The summed E-state index contributed by atoms with van der Waals surface area (Å²) in [6.45, 7) is 1.58. The monoisotopic (exact) mass is 371 g/mol. The maximum Gasteiger partial charge on any atom is 0.265 e. The Morgan fingerprint density at radius 3 is 2.76 bits per heavy atom. The zero-order valence-electron chi connectivity index (χ0n) is 11.1. The molecule has 0 bridgehead atoms. The van der Waals surface area contributed by atoms with Crippen LogP contribution in [0.5, 0.6) is 5.75 Å². The number of hydrogen-bond acceptors (Lipinski definition) is 2. The first-order valence-corrected chi connectivity index (χ1v) is 7.31. The molecule has 1 unspecified atom stereocenters. The van der Waals surface area contributed by atoms with Crippen molar-refractivity contribution in [3.63, 3.8) is 0 Å². The van der Waals surface area contributed by atoms with Crippen molar-refractivity contribution in [3.8, 4) is 5.75 Å². The Morgan fingerprint density at radius 1 is 1.33 bits per heavy atom. The van der Waals surface area contributed by atoms with Crippen molar-refractivity contribution in [1.82, 2.24) is 0 Å². The Balaban J connectivity index is 2.06. The van der Waals surface area contributed by atoms with Crippen LogP contribution in [0.25, 0.3) is 0 Å². The smallest absolute Gasteiger partial charge is 0.265 e. The quantitative estimate of drug-likeness (QED) is 0.848. The molecule has 2 aromatic carbocycles. The van der Waals surface area contributed by atoms with Gasteiger partial charge in [-0.15, -0.1) is 0 Å². The highest BCUT2D eigenvalue weighted by Gasteiger charge is 2.17. The van der Waals surface area contributed by atoms with Crippen LogP contribution in [-0.4, -0.2) is 12.0 Å². The molecule has 3 nitrogen and oxygen atoms in total. The van der Waals surface area contributed by atoms with Crippen LogP contribution in [0.1, 0.15) is 6.92 Å². The summed E-state index contributed by atoms with van der Waals surface area (Å²) in [5.74, 6) is -0.487. The molecule has 0 aliphatic carbocycles. The Labute approximate surface area is 135 Å². The molecular weight excluding hydrogens is 361 g/mol. The average Bonchev–Trinajstić information content (AvgIpc) is 2.45. The number of hydrogen-bond donors (Lipinski definition) is 1. The number of amides is 1. The molecule has 0 heterocycles. The van der Waals surface area contributed by atoms with Crippen LogP contribution < -0.4 is 10.1 Å². The number of benzene rings is 2. The highest BCUT2D eigenvalue weighted by Crippen LogP contribution is 2.25. The van der Waals surface area contributed by atoms with Gasteiger partial charge in [0, 0.05) is 5.02 Å². The fourth-order valence-corrected chi connectivity index (χ4v) is 2.16. The van der Waals surface area contributed by atoms with Crippen LogP contribution in [-0.2, 0) is 4.79 Å². The second kappa shape index (κ2) is 6.91. The topological polar surface area (TPSA) is 38.3 Å². The molecule has 1 atom stereocenters. The molecule has 0 fully saturated rings. The van der Waals surface area contributed by atoms with E-state index in [4.69, 9.17) is 16.3 Å². The van der Waals surface area contributed by atoms with Crippen LogP contribution in [0.3, 0.4) is 0 Å². The Hall–Kier alpha value is -1.59. The van der Waals surface area contributed by atoms with Gasteiger partial charge in [0.15, 0.2) is 6.10 Å². The van der Waals surface area contributed by atoms with Crippen molar-refractivity contribution < 1.29 is 13.9 Å². The number of ether oxygens (including phenoxy) is 1. The number of carbonyl (C=O) groups excluding carboxylic acids is 1. The number of rotatable bonds is 4. The van der Waals surface area contributed by atoms with E-state index in [1.807, 2.05) is 6.07 Å². The summed E-state index contributed by atoms with van der Waals surface area (Å²) in [6.07, 6.45) is -0.790. The van der Waals surface area contributed by atoms with Gasteiger partial charge in [0.2, 0.25) is 0 Å². The number of nitrogens with one attached hydrogen (secondary N) is 1. The maximum absolute atomic E-state index is 13.6. The SMILES string of the molecule is CC(Oc1ccccc1Br)C(=O)Nc1cc(Cl)ccc1F. The van der Waals surface area contributed by atoms with Gasteiger partial charge >= 0.3 is 0 Å². The minimum Gasteiger partial charge on any atom is -0.480 e. The molecule has 0 aromatic heterocycles. The van der Waals surface area contributed by atoms with Crippen molar-refractivity contribution >= 4 is 39.1 Å². The third-order valence-electron chi connectivity index (χ3n) is 2.70. The molecule has 110 valence electrons. The standard InChI is InChI=1S/C15H12BrClFNO2/c1-9(21-14-5-3-2-4-11(14)16)15(20)19-13-8-10(17)6-7-12(13)18/h2-9H,1H3,(H,19,20). The first kappa shape index (κ1) is 15.8. The molecule has 2 aromatic rings. The first-order valence-electron chi connectivity index (χ1n) is 6.14. The molecule has 21 heavy (non-hydrogen) atoms. The summed E-state index contributed by atoms with van der Waals surface area (Å²) in [6, 6.07) is 11.1. The molecule has 6 heteroatoms. The molecular formula is C15H12BrClFNO2. The highest BCUT2D eigenvalue weighted by molar-refractivity contribution is 9.10. The normalized spacial score (nSPS) is 11.8. The largest absolute Gasteiger partial charge is 0.480 e. The number of para-hydroxylation sites is 1. The van der Waals surface area contributed by atoms with Crippen LogP contribution in [0.15, 0.2) is 46.9 Å².